The summed E-state index contributed by atoms with van der Waals surface area (Å²) in [7, 11) is 0. The number of alkyl halides is 3. The standard InChI is InChI=1S/C12H17F3N2O2/c1-2-9(18)5-6-16-11(19)10-4-3-7-17(10)8-12(13,14)15/h3-4,7,9,18H,2,5-6,8H2,1H3,(H,16,19). The number of aliphatic hydroxyl groups excluding tert-OH is 1. The van der Waals surface area contributed by atoms with E-state index < -0.39 is 24.7 Å². The van der Waals surface area contributed by atoms with Gasteiger partial charge in [0.1, 0.15) is 12.2 Å². The lowest BCUT2D eigenvalue weighted by atomic mass is 10.2. The molecule has 0 spiro atoms. The molecule has 0 bridgehead atoms. The summed E-state index contributed by atoms with van der Waals surface area (Å²) in [5.41, 5.74) is -0.0386. The van der Waals surface area contributed by atoms with Gasteiger partial charge in [0.2, 0.25) is 0 Å². The second kappa shape index (κ2) is 6.60. The molecule has 0 aliphatic heterocycles. The normalized spacial score (nSPS) is 13.3. The monoisotopic (exact) mass is 278 g/mol. The predicted molar refractivity (Wildman–Crippen MR) is 63.7 cm³/mol. The topological polar surface area (TPSA) is 54.3 Å². The van der Waals surface area contributed by atoms with Crippen molar-refractivity contribution in [3.8, 4) is 0 Å². The minimum Gasteiger partial charge on any atom is -0.393 e. The minimum atomic E-state index is -4.37. The number of aromatic nitrogens is 1. The lowest BCUT2D eigenvalue weighted by molar-refractivity contribution is -0.140. The highest BCUT2D eigenvalue weighted by atomic mass is 19.4. The van der Waals surface area contributed by atoms with Crippen LogP contribution < -0.4 is 5.32 Å². The Balaban J connectivity index is 2.55. The molecule has 1 amide bonds. The molecule has 1 heterocycles. The number of nitrogens with one attached hydrogen (secondary N) is 1. The number of carbonyl (C=O) groups is 1. The summed E-state index contributed by atoms with van der Waals surface area (Å²) in [6.45, 7) is 0.840. The maximum absolute atomic E-state index is 12.3. The molecule has 0 saturated carbocycles. The van der Waals surface area contributed by atoms with Crippen LogP contribution in [-0.4, -0.2) is 34.4 Å². The molecule has 2 N–H and O–H groups in total. The smallest absolute Gasteiger partial charge is 0.393 e. The number of amides is 1. The summed E-state index contributed by atoms with van der Waals surface area (Å²) in [5, 5.41) is 11.8. The molecule has 0 aromatic carbocycles. The maximum atomic E-state index is 12.3. The van der Waals surface area contributed by atoms with Crippen molar-refractivity contribution in [1.82, 2.24) is 9.88 Å². The summed E-state index contributed by atoms with van der Waals surface area (Å²) in [4.78, 5) is 11.7. The van der Waals surface area contributed by atoms with Crippen LogP contribution in [0.2, 0.25) is 0 Å². The molecule has 1 aromatic rings. The largest absolute Gasteiger partial charge is 0.406 e. The molecule has 19 heavy (non-hydrogen) atoms. The van der Waals surface area contributed by atoms with Crippen LogP contribution in [0.4, 0.5) is 13.2 Å². The number of rotatable bonds is 6. The third-order valence-corrected chi connectivity index (χ3v) is 2.65. The molecule has 1 aromatic heterocycles. The molecule has 0 aliphatic rings. The highest BCUT2D eigenvalue weighted by molar-refractivity contribution is 5.92. The summed E-state index contributed by atoms with van der Waals surface area (Å²) in [6.07, 6.45) is -2.72. The SMILES string of the molecule is CCC(O)CCNC(=O)c1cccn1CC(F)(F)F. The number of hydrogen-bond acceptors (Lipinski definition) is 2. The molecule has 7 heteroatoms. The van der Waals surface area contributed by atoms with Crippen LogP contribution in [0, 0.1) is 0 Å². The van der Waals surface area contributed by atoms with Crippen molar-refractivity contribution >= 4 is 5.91 Å². The Morgan fingerprint density at radius 2 is 2.21 bits per heavy atom. The van der Waals surface area contributed by atoms with E-state index >= 15 is 0 Å². The van der Waals surface area contributed by atoms with Crippen LogP contribution in [0.1, 0.15) is 30.3 Å². The van der Waals surface area contributed by atoms with Crippen molar-refractivity contribution in [3.63, 3.8) is 0 Å². The fourth-order valence-electron chi connectivity index (χ4n) is 1.60. The van der Waals surface area contributed by atoms with Gasteiger partial charge < -0.3 is 15.0 Å². The highest BCUT2D eigenvalue weighted by Crippen LogP contribution is 2.18. The van der Waals surface area contributed by atoms with Crippen molar-refractivity contribution in [1.29, 1.82) is 0 Å². The molecule has 108 valence electrons. The number of carbonyl (C=O) groups excluding carboxylic acids is 1. The fraction of sp³-hybridized carbons (Fsp3) is 0.583. The van der Waals surface area contributed by atoms with Gasteiger partial charge in [-0.3, -0.25) is 4.79 Å². The molecule has 0 fully saturated rings. The van der Waals surface area contributed by atoms with Crippen LogP contribution in [0.5, 0.6) is 0 Å². The van der Waals surface area contributed by atoms with Crippen molar-refractivity contribution in [2.75, 3.05) is 6.54 Å². The fourth-order valence-corrected chi connectivity index (χ4v) is 1.60. The second-order valence-electron chi connectivity index (χ2n) is 4.24. The van der Waals surface area contributed by atoms with Gasteiger partial charge in [-0.1, -0.05) is 6.92 Å². The minimum absolute atomic E-state index is 0.0386. The predicted octanol–water partition coefficient (Wildman–Crippen LogP) is 1.94. The zero-order chi connectivity index (χ0) is 14.5. The molecule has 4 nitrogen and oxygen atoms in total. The Morgan fingerprint density at radius 3 is 2.79 bits per heavy atom. The quantitative estimate of drug-likeness (QED) is 0.835. The van der Waals surface area contributed by atoms with Crippen LogP contribution in [0.3, 0.4) is 0 Å². The number of hydrogen-bond donors (Lipinski definition) is 2. The van der Waals surface area contributed by atoms with Crippen LogP contribution in [-0.2, 0) is 6.54 Å². The van der Waals surface area contributed by atoms with E-state index in [0.717, 1.165) is 4.57 Å². The van der Waals surface area contributed by atoms with E-state index in [9.17, 15) is 23.1 Å². The van der Waals surface area contributed by atoms with Crippen LogP contribution in [0.25, 0.3) is 0 Å². The average Bonchev–Trinajstić information content (AvgIpc) is 2.74. The first-order chi connectivity index (χ1) is 8.83. The maximum Gasteiger partial charge on any atom is 0.406 e. The van der Waals surface area contributed by atoms with Crippen molar-refractivity contribution in [2.24, 2.45) is 0 Å². The molecule has 1 rings (SSSR count). The third-order valence-electron chi connectivity index (χ3n) is 2.65. The summed E-state index contributed by atoms with van der Waals surface area (Å²) < 4.78 is 37.7. The average molecular weight is 278 g/mol. The number of halogens is 3. The van der Waals surface area contributed by atoms with Gasteiger partial charge in [0.15, 0.2) is 0 Å². The van der Waals surface area contributed by atoms with E-state index in [4.69, 9.17) is 0 Å². The highest BCUT2D eigenvalue weighted by Gasteiger charge is 2.29. The molecule has 1 unspecified atom stereocenters. The van der Waals surface area contributed by atoms with Crippen molar-refractivity contribution < 1.29 is 23.1 Å². The second-order valence-corrected chi connectivity index (χ2v) is 4.24. The molecular formula is C12H17F3N2O2. The van der Waals surface area contributed by atoms with Crippen LogP contribution >= 0.6 is 0 Å². The molecule has 0 saturated heterocycles. The van der Waals surface area contributed by atoms with Gasteiger partial charge in [0.25, 0.3) is 5.91 Å². The van der Waals surface area contributed by atoms with Gasteiger partial charge in [-0.2, -0.15) is 13.2 Å². The lowest BCUT2D eigenvalue weighted by Crippen LogP contribution is -2.30. The summed E-state index contributed by atoms with van der Waals surface area (Å²) in [6, 6.07) is 2.72. The Kier molecular flexibility index (Phi) is 5.41. The van der Waals surface area contributed by atoms with Gasteiger partial charge in [0.05, 0.1) is 6.10 Å². The Labute approximate surface area is 109 Å². The first kappa shape index (κ1) is 15.6. The van der Waals surface area contributed by atoms with Crippen LogP contribution in [0.15, 0.2) is 18.3 Å². The van der Waals surface area contributed by atoms with E-state index in [1.807, 2.05) is 0 Å². The molecule has 0 radical (unpaired) electrons. The van der Waals surface area contributed by atoms with E-state index in [1.165, 1.54) is 18.3 Å². The summed E-state index contributed by atoms with van der Waals surface area (Å²) >= 11 is 0. The molecule has 1 atom stereocenters. The third kappa shape index (κ3) is 5.34. The van der Waals surface area contributed by atoms with Gasteiger partial charge in [-0.25, -0.2) is 0 Å². The van der Waals surface area contributed by atoms with E-state index in [1.54, 1.807) is 6.92 Å². The lowest BCUT2D eigenvalue weighted by Gasteiger charge is -2.12. The van der Waals surface area contributed by atoms with Gasteiger partial charge in [-0.15, -0.1) is 0 Å². The summed E-state index contributed by atoms with van der Waals surface area (Å²) in [5.74, 6) is -0.572. The first-order valence-corrected chi connectivity index (χ1v) is 6.01. The van der Waals surface area contributed by atoms with E-state index in [0.29, 0.717) is 12.8 Å². The molecule has 0 aliphatic carbocycles. The molecular weight excluding hydrogens is 261 g/mol. The zero-order valence-electron chi connectivity index (χ0n) is 10.6. The van der Waals surface area contributed by atoms with Crippen molar-refractivity contribution in [2.45, 2.75) is 38.6 Å². The first-order valence-electron chi connectivity index (χ1n) is 6.01. The van der Waals surface area contributed by atoms with Gasteiger partial charge in [-0.05, 0) is 25.0 Å². The Bertz CT molecular complexity index is 415. The van der Waals surface area contributed by atoms with Gasteiger partial charge in [0, 0.05) is 12.7 Å². The van der Waals surface area contributed by atoms with E-state index in [2.05, 4.69) is 5.32 Å². The Morgan fingerprint density at radius 1 is 1.53 bits per heavy atom. The number of nitrogens with zero attached hydrogens (tertiary/aromatic N) is 1. The van der Waals surface area contributed by atoms with Gasteiger partial charge >= 0.3 is 6.18 Å². The van der Waals surface area contributed by atoms with E-state index in [-0.39, 0.29) is 12.2 Å². The number of aliphatic hydroxyl groups is 1. The zero-order valence-corrected chi connectivity index (χ0v) is 10.6. The Hall–Kier alpha value is -1.50. The van der Waals surface area contributed by atoms with Crippen molar-refractivity contribution in [3.05, 3.63) is 24.0 Å².